The molecule has 0 unspecified atom stereocenters. The lowest BCUT2D eigenvalue weighted by molar-refractivity contribution is -0.120. The van der Waals surface area contributed by atoms with Crippen molar-refractivity contribution in [1.82, 2.24) is 10.6 Å². The van der Waals surface area contributed by atoms with Gasteiger partial charge in [0.2, 0.25) is 5.91 Å². The molecule has 2 aromatic rings. The summed E-state index contributed by atoms with van der Waals surface area (Å²) in [5, 5.41) is 5.54. The molecule has 0 spiro atoms. The molecule has 4 nitrogen and oxygen atoms in total. The van der Waals surface area contributed by atoms with Gasteiger partial charge in [-0.2, -0.15) is 0 Å². The Morgan fingerprint density at radius 1 is 0.958 bits per heavy atom. The van der Waals surface area contributed by atoms with Crippen molar-refractivity contribution in [2.24, 2.45) is 0 Å². The van der Waals surface area contributed by atoms with E-state index >= 15 is 0 Å². The van der Waals surface area contributed by atoms with E-state index in [1.165, 1.54) is 0 Å². The standard InChI is InChI=1S/C20H24N2O2/c1-15-8-7-9-16(12-15)19(24)21-13-18(23)22-14-20(2,3)17-10-5-4-6-11-17/h4-12H,13-14H2,1-3H3,(H,21,24)(H,22,23). The highest BCUT2D eigenvalue weighted by Gasteiger charge is 2.21. The van der Waals surface area contributed by atoms with Crippen molar-refractivity contribution in [1.29, 1.82) is 0 Å². The highest BCUT2D eigenvalue weighted by atomic mass is 16.2. The number of nitrogens with one attached hydrogen (secondary N) is 2. The van der Waals surface area contributed by atoms with E-state index < -0.39 is 0 Å². The lowest BCUT2D eigenvalue weighted by Gasteiger charge is -2.25. The van der Waals surface area contributed by atoms with Gasteiger partial charge in [0, 0.05) is 17.5 Å². The molecule has 0 bridgehead atoms. The Morgan fingerprint density at radius 3 is 2.33 bits per heavy atom. The predicted molar refractivity (Wildman–Crippen MR) is 96.0 cm³/mol. The van der Waals surface area contributed by atoms with Crippen molar-refractivity contribution in [2.45, 2.75) is 26.2 Å². The maximum Gasteiger partial charge on any atom is 0.251 e. The molecule has 0 radical (unpaired) electrons. The Hall–Kier alpha value is -2.62. The molecule has 126 valence electrons. The summed E-state index contributed by atoms with van der Waals surface area (Å²) in [5.74, 6) is -0.434. The van der Waals surface area contributed by atoms with E-state index in [0.717, 1.165) is 11.1 Å². The molecule has 0 aliphatic heterocycles. The van der Waals surface area contributed by atoms with Gasteiger partial charge in [0.25, 0.3) is 5.91 Å². The summed E-state index contributed by atoms with van der Waals surface area (Å²) in [6.07, 6.45) is 0. The zero-order valence-corrected chi connectivity index (χ0v) is 14.4. The third-order valence-electron chi connectivity index (χ3n) is 3.97. The van der Waals surface area contributed by atoms with E-state index in [1.807, 2.05) is 49.4 Å². The van der Waals surface area contributed by atoms with Gasteiger partial charge in [0.1, 0.15) is 0 Å². The SMILES string of the molecule is Cc1cccc(C(=O)NCC(=O)NCC(C)(C)c2ccccc2)c1. The van der Waals surface area contributed by atoms with Crippen LogP contribution in [0.15, 0.2) is 54.6 Å². The Labute approximate surface area is 143 Å². The lowest BCUT2D eigenvalue weighted by Crippen LogP contribution is -2.42. The van der Waals surface area contributed by atoms with Gasteiger partial charge in [-0.1, -0.05) is 61.9 Å². The largest absolute Gasteiger partial charge is 0.354 e. The number of carbonyl (C=O) groups is 2. The van der Waals surface area contributed by atoms with Crippen molar-refractivity contribution < 1.29 is 9.59 Å². The lowest BCUT2D eigenvalue weighted by atomic mass is 9.84. The summed E-state index contributed by atoms with van der Waals surface area (Å²) in [6, 6.07) is 17.3. The molecular weight excluding hydrogens is 300 g/mol. The minimum atomic E-state index is -0.240. The molecule has 2 rings (SSSR count). The summed E-state index contributed by atoms with van der Waals surface area (Å²) in [5.41, 5.74) is 2.57. The van der Waals surface area contributed by atoms with E-state index in [2.05, 4.69) is 24.5 Å². The zero-order chi connectivity index (χ0) is 17.6. The molecule has 0 aliphatic rings. The van der Waals surface area contributed by atoms with Crippen LogP contribution in [0.25, 0.3) is 0 Å². The van der Waals surface area contributed by atoms with Crippen molar-refractivity contribution in [3.8, 4) is 0 Å². The molecule has 0 fully saturated rings. The molecular formula is C20H24N2O2. The van der Waals surface area contributed by atoms with Gasteiger partial charge in [-0.3, -0.25) is 9.59 Å². The van der Waals surface area contributed by atoms with Crippen LogP contribution in [0, 0.1) is 6.92 Å². The highest BCUT2D eigenvalue weighted by molar-refractivity contribution is 5.96. The molecule has 0 saturated heterocycles. The topological polar surface area (TPSA) is 58.2 Å². The van der Waals surface area contributed by atoms with Gasteiger partial charge in [0.05, 0.1) is 6.54 Å². The first-order valence-corrected chi connectivity index (χ1v) is 8.05. The molecule has 0 atom stereocenters. The minimum Gasteiger partial charge on any atom is -0.354 e. The van der Waals surface area contributed by atoms with Gasteiger partial charge >= 0.3 is 0 Å². The van der Waals surface area contributed by atoms with Gasteiger partial charge in [0.15, 0.2) is 0 Å². The van der Waals surface area contributed by atoms with Crippen molar-refractivity contribution in [2.75, 3.05) is 13.1 Å². The molecule has 2 aromatic carbocycles. The molecule has 4 heteroatoms. The molecule has 2 amide bonds. The Kier molecular flexibility index (Phi) is 5.74. The predicted octanol–water partition coefficient (Wildman–Crippen LogP) is 2.82. The van der Waals surface area contributed by atoms with Crippen LogP contribution in [0.5, 0.6) is 0 Å². The maximum atomic E-state index is 12.0. The average Bonchev–Trinajstić information content (AvgIpc) is 2.58. The van der Waals surface area contributed by atoms with Crippen LogP contribution in [0.1, 0.15) is 35.3 Å². The summed E-state index contributed by atoms with van der Waals surface area (Å²) in [4.78, 5) is 24.0. The number of aryl methyl sites for hydroxylation is 1. The van der Waals surface area contributed by atoms with Gasteiger partial charge in [-0.05, 0) is 24.6 Å². The third kappa shape index (κ3) is 4.95. The first-order valence-electron chi connectivity index (χ1n) is 8.05. The summed E-state index contributed by atoms with van der Waals surface area (Å²) in [6.45, 7) is 6.56. The van der Waals surface area contributed by atoms with E-state index in [4.69, 9.17) is 0 Å². The summed E-state index contributed by atoms with van der Waals surface area (Å²) >= 11 is 0. The fourth-order valence-corrected chi connectivity index (χ4v) is 2.42. The van der Waals surface area contributed by atoms with Crippen LogP contribution in [0.3, 0.4) is 0 Å². The number of rotatable bonds is 6. The van der Waals surface area contributed by atoms with Crippen LogP contribution in [0.4, 0.5) is 0 Å². The Balaban J connectivity index is 1.82. The number of hydrogen-bond acceptors (Lipinski definition) is 2. The Morgan fingerprint density at radius 2 is 1.67 bits per heavy atom. The second-order valence-electron chi connectivity index (χ2n) is 6.58. The van der Waals surface area contributed by atoms with Crippen LogP contribution >= 0.6 is 0 Å². The quantitative estimate of drug-likeness (QED) is 0.858. The normalized spacial score (nSPS) is 11.0. The van der Waals surface area contributed by atoms with Gasteiger partial charge < -0.3 is 10.6 Å². The van der Waals surface area contributed by atoms with Crippen LogP contribution in [-0.4, -0.2) is 24.9 Å². The smallest absolute Gasteiger partial charge is 0.251 e. The second kappa shape index (κ2) is 7.77. The van der Waals surface area contributed by atoms with Crippen LogP contribution < -0.4 is 10.6 Å². The third-order valence-corrected chi connectivity index (χ3v) is 3.97. The van der Waals surface area contributed by atoms with Crippen molar-refractivity contribution in [3.05, 3.63) is 71.3 Å². The molecule has 24 heavy (non-hydrogen) atoms. The average molecular weight is 324 g/mol. The number of carbonyl (C=O) groups excluding carboxylic acids is 2. The monoisotopic (exact) mass is 324 g/mol. The van der Waals surface area contributed by atoms with Crippen molar-refractivity contribution in [3.63, 3.8) is 0 Å². The fraction of sp³-hybridized carbons (Fsp3) is 0.300. The molecule has 0 aromatic heterocycles. The van der Waals surface area contributed by atoms with Crippen molar-refractivity contribution >= 4 is 11.8 Å². The summed E-state index contributed by atoms with van der Waals surface area (Å²) < 4.78 is 0. The molecule has 2 N–H and O–H groups in total. The van der Waals surface area contributed by atoms with E-state index in [-0.39, 0.29) is 23.8 Å². The van der Waals surface area contributed by atoms with Gasteiger partial charge in [-0.15, -0.1) is 0 Å². The van der Waals surface area contributed by atoms with E-state index in [9.17, 15) is 9.59 Å². The van der Waals surface area contributed by atoms with Crippen LogP contribution in [0.2, 0.25) is 0 Å². The number of hydrogen-bond donors (Lipinski definition) is 2. The second-order valence-corrected chi connectivity index (χ2v) is 6.58. The number of amides is 2. The first kappa shape index (κ1) is 17.7. The minimum absolute atomic E-state index is 0.0301. The fourth-order valence-electron chi connectivity index (χ4n) is 2.42. The maximum absolute atomic E-state index is 12.0. The van der Waals surface area contributed by atoms with Crippen LogP contribution in [-0.2, 0) is 10.2 Å². The number of benzene rings is 2. The first-order chi connectivity index (χ1) is 11.4. The molecule has 0 aliphatic carbocycles. The zero-order valence-electron chi connectivity index (χ0n) is 14.4. The molecule has 0 saturated carbocycles. The Bertz CT molecular complexity index is 709. The summed E-state index contributed by atoms with van der Waals surface area (Å²) in [7, 11) is 0. The molecule has 0 heterocycles. The highest BCUT2D eigenvalue weighted by Crippen LogP contribution is 2.21. The van der Waals surface area contributed by atoms with Gasteiger partial charge in [-0.25, -0.2) is 0 Å². The van der Waals surface area contributed by atoms with E-state index in [0.29, 0.717) is 12.1 Å². The van der Waals surface area contributed by atoms with E-state index in [1.54, 1.807) is 12.1 Å².